The summed E-state index contributed by atoms with van der Waals surface area (Å²) >= 11 is 9.29. The zero-order valence-corrected chi connectivity index (χ0v) is 21.2. The van der Waals surface area contributed by atoms with Crippen molar-refractivity contribution >= 4 is 45.6 Å². The summed E-state index contributed by atoms with van der Waals surface area (Å²) in [6.07, 6.45) is 1.42. The van der Waals surface area contributed by atoms with E-state index in [0.29, 0.717) is 39.8 Å². The standard InChI is InChI=1S/C28H20BrClN2O4/c29-23-10-15-26(36-28(34)21-4-2-1-3-5-21)22(16-23)17-31-32-27(33)20-8-13-25(14-9-20)35-18-19-6-11-24(30)12-7-19/h1-17H,18H2,(H,32,33)/b31-17-. The van der Waals surface area contributed by atoms with E-state index in [9.17, 15) is 9.59 Å². The van der Waals surface area contributed by atoms with Crippen molar-refractivity contribution in [2.75, 3.05) is 0 Å². The monoisotopic (exact) mass is 562 g/mol. The number of hydrazone groups is 1. The second-order valence-electron chi connectivity index (χ2n) is 7.58. The van der Waals surface area contributed by atoms with Gasteiger partial charge in [-0.3, -0.25) is 4.79 Å². The lowest BCUT2D eigenvalue weighted by atomic mass is 10.2. The van der Waals surface area contributed by atoms with Crippen LogP contribution in [0.1, 0.15) is 31.8 Å². The molecule has 4 rings (SSSR count). The number of nitrogens with zero attached hydrogens (tertiary/aromatic N) is 1. The first kappa shape index (κ1) is 25.2. The Bertz CT molecular complexity index is 1380. The fraction of sp³-hybridized carbons (Fsp3) is 0.0357. The van der Waals surface area contributed by atoms with Crippen LogP contribution in [0.15, 0.2) is 107 Å². The lowest BCUT2D eigenvalue weighted by Gasteiger charge is -2.08. The number of halogens is 2. The highest BCUT2D eigenvalue weighted by atomic mass is 79.9. The number of hydrogen-bond donors (Lipinski definition) is 1. The van der Waals surface area contributed by atoms with Gasteiger partial charge in [-0.15, -0.1) is 0 Å². The van der Waals surface area contributed by atoms with Crippen LogP contribution in [-0.4, -0.2) is 18.1 Å². The van der Waals surface area contributed by atoms with Crippen molar-refractivity contribution in [2.24, 2.45) is 5.10 Å². The molecule has 0 aliphatic carbocycles. The molecule has 0 saturated heterocycles. The van der Waals surface area contributed by atoms with Gasteiger partial charge in [-0.05, 0) is 72.3 Å². The third-order valence-corrected chi connectivity index (χ3v) is 5.73. The number of hydrogen-bond acceptors (Lipinski definition) is 5. The smallest absolute Gasteiger partial charge is 0.343 e. The van der Waals surface area contributed by atoms with E-state index in [2.05, 4.69) is 26.5 Å². The first-order chi connectivity index (χ1) is 17.5. The molecular formula is C28H20BrClN2O4. The largest absolute Gasteiger partial charge is 0.489 e. The van der Waals surface area contributed by atoms with Gasteiger partial charge < -0.3 is 9.47 Å². The predicted molar refractivity (Wildman–Crippen MR) is 143 cm³/mol. The van der Waals surface area contributed by atoms with Gasteiger partial charge in [0.25, 0.3) is 5.91 Å². The van der Waals surface area contributed by atoms with E-state index in [1.807, 2.05) is 18.2 Å². The van der Waals surface area contributed by atoms with Gasteiger partial charge in [0.1, 0.15) is 18.1 Å². The second-order valence-corrected chi connectivity index (χ2v) is 8.93. The van der Waals surface area contributed by atoms with Gasteiger partial charge in [-0.2, -0.15) is 5.10 Å². The van der Waals surface area contributed by atoms with Crippen molar-refractivity contribution < 1.29 is 19.1 Å². The Morgan fingerprint density at radius 1 is 0.889 bits per heavy atom. The minimum absolute atomic E-state index is 0.312. The molecule has 0 bridgehead atoms. The van der Waals surface area contributed by atoms with Gasteiger partial charge >= 0.3 is 5.97 Å². The van der Waals surface area contributed by atoms with Crippen molar-refractivity contribution in [3.63, 3.8) is 0 Å². The van der Waals surface area contributed by atoms with Crippen LogP contribution in [0.5, 0.6) is 11.5 Å². The molecule has 0 spiro atoms. The second kappa shape index (κ2) is 12.2. The van der Waals surface area contributed by atoms with E-state index in [0.717, 1.165) is 10.0 Å². The van der Waals surface area contributed by atoms with E-state index in [1.165, 1.54) is 6.21 Å². The molecule has 0 atom stereocenters. The summed E-state index contributed by atoms with van der Waals surface area (Å²) in [5.41, 5.74) is 4.82. The summed E-state index contributed by atoms with van der Waals surface area (Å²) < 4.78 is 12.0. The molecule has 180 valence electrons. The van der Waals surface area contributed by atoms with Crippen molar-refractivity contribution in [3.8, 4) is 11.5 Å². The van der Waals surface area contributed by atoms with Crippen LogP contribution in [0.2, 0.25) is 5.02 Å². The predicted octanol–water partition coefficient (Wildman–Crippen LogP) is 6.66. The SMILES string of the molecule is O=C(N/N=C\c1cc(Br)ccc1OC(=O)c1ccccc1)c1ccc(OCc2ccc(Cl)cc2)cc1. The Labute approximate surface area is 221 Å². The van der Waals surface area contributed by atoms with Crippen LogP contribution in [0, 0.1) is 0 Å². The number of amides is 1. The minimum atomic E-state index is -0.491. The highest BCUT2D eigenvalue weighted by Crippen LogP contribution is 2.23. The fourth-order valence-electron chi connectivity index (χ4n) is 3.12. The number of ether oxygens (including phenoxy) is 2. The highest BCUT2D eigenvalue weighted by Gasteiger charge is 2.11. The Balaban J connectivity index is 1.35. The Kier molecular flexibility index (Phi) is 8.49. The minimum Gasteiger partial charge on any atom is -0.489 e. The third-order valence-electron chi connectivity index (χ3n) is 4.99. The van der Waals surface area contributed by atoms with E-state index < -0.39 is 11.9 Å². The number of rotatable bonds is 8. The van der Waals surface area contributed by atoms with Crippen LogP contribution in [0.4, 0.5) is 0 Å². The van der Waals surface area contributed by atoms with E-state index in [1.54, 1.807) is 78.9 Å². The average molecular weight is 564 g/mol. The molecule has 36 heavy (non-hydrogen) atoms. The Hall–Kier alpha value is -3.94. The third kappa shape index (κ3) is 7.04. The fourth-order valence-corrected chi connectivity index (χ4v) is 3.63. The average Bonchev–Trinajstić information content (AvgIpc) is 2.90. The van der Waals surface area contributed by atoms with Gasteiger partial charge in [-0.1, -0.05) is 57.9 Å². The molecule has 0 aliphatic heterocycles. The van der Waals surface area contributed by atoms with Gasteiger partial charge in [-0.25, -0.2) is 10.2 Å². The summed E-state index contributed by atoms with van der Waals surface area (Å²) in [6, 6.07) is 27.9. The maximum absolute atomic E-state index is 12.5. The molecule has 0 aromatic heterocycles. The number of esters is 1. The van der Waals surface area contributed by atoms with E-state index in [-0.39, 0.29) is 0 Å². The molecule has 0 saturated carbocycles. The summed E-state index contributed by atoms with van der Waals surface area (Å²) in [5.74, 6) is 0.0551. The zero-order valence-electron chi connectivity index (χ0n) is 18.9. The van der Waals surface area contributed by atoms with Gasteiger partial charge in [0.15, 0.2) is 0 Å². The van der Waals surface area contributed by atoms with Crippen LogP contribution in [0.25, 0.3) is 0 Å². The molecule has 4 aromatic carbocycles. The number of carbonyl (C=O) groups is 2. The van der Waals surface area contributed by atoms with Crippen molar-refractivity contribution in [3.05, 3.63) is 129 Å². The molecule has 0 fully saturated rings. The van der Waals surface area contributed by atoms with Gasteiger partial charge in [0.05, 0.1) is 11.8 Å². The Morgan fingerprint density at radius 3 is 2.33 bits per heavy atom. The summed E-state index contributed by atoms with van der Waals surface area (Å²) in [7, 11) is 0. The topological polar surface area (TPSA) is 77.0 Å². The van der Waals surface area contributed by atoms with E-state index >= 15 is 0 Å². The summed E-state index contributed by atoms with van der Waals surface area (Å²) in [5, 5.41) is 4.69. The summed E-state index contributed by atoms with van der Waals surface area (Å²) in [6.45, 7) is 0.386. The quantitative estimate of drug-likeness (QED) is 0.112. The van der Waals surface area contributed by atoms with Crippen molar-refractivity contribution in [1.82, 2.24) is 5.43 Å². The van der Waals surface area contributed by atoms with E-state index in [4.69, 9.17) is 21.1 Å². The molecule has 0 heterocycles. The molecule has 0 unspecified atom stereocenters. The first-order valence-corrected chi connectivity index (χ1v) is 12.0. The Morgan fingerprint density at radius 2 is 1.61 bits per heavy atom. The highest BCUT2D eigenvalue weighted by molar-refractivity contribution is 9.10. The number of carbonyl (C=O) groups excluding carboxylic acids is 2. The van der Waals surface area contributed by atoms with Crippen LogP contribution < -0.4 is 14.9 Å². The van der Waals surface area contributed by atoms with Crippen LogP contribution >= 0.6 is 27.5 Å². The first-order valence-electron chi connectivity index (χ1n) is 10.9. The lowest BCUT2D eigenvalue weighted by Crippen LogP contribution is -2.17. The molecule has 4 aromatic rings. The molecule has 6 nitrogen and oxygen atoms in total. The molecule has 0 radical (unpaired) electrons. The molecule has 8 heteroatoms. The molecule has 1 amide bonds. The summed E-state index contributed by atoms with van der Waals surface area (Å²) in [4.78, 5) is 24.9. The maximum Gasteiger partial charge on any atom is 0.343 e. The van der Waals surface area contributed by atoms with Gasteiger partial charge in [0.2, 0.25) is 0 Å². The van der Waals surface area contributed by atoms with Crippen molar-refractivity contribution in [1.29, 1.82) is 0 Å². The molecule has 0 aliphatic rings. The maximum atomic E-state index is 12.5. The van der Waals surface area contributed by atoms with Gasteiger partial charge in [0, 0.05) is 20.6 Å². The zero-order chi connectivity index (χ0) is 25.3. The van der Waals surface area contributed by atoms with Crippen LogP contribution in [0.3, 0.4) is 0 Å². The normalized spacial score (nSPS) is 10.7. The number of nitrogens with one attached hydrogen (secondary N) is 1. The van der Waals surface area contributed by atoms with Crippen molar-refractivity contribution in [2.45, 2.75) is 6.61 Å². The molecular weight excluding hydrogens is 544 g/mol. The lowest BCUT2D eigenvalue weighted by molar-refractivity contribution is 0.0734. The molecule has 1 N–H and O–H groups in total. The van der Waals surface area contributed by atoms with Crippen LogP contribution in [-0.2, 0) is 6.61 Å². The number of benzene rings is 4.